The molecule has 0 spiro atoms. The predicted octanol–water partition coefficient (Wildman–Crippen LogP) is 3.21. The first-order valence-corrected chi connectivity index (χ1v) is 7.50. The van der Waals surface area contributed by atoms with Gasteiger partial charge in [0, 0.05) is 12.1 Å². The first-order valence-electron chi connectivity index (χ1n) is 7.50. The number of hydrogen-bond donors (Lipinski definition) is 1. The fourth-order valence-electron chi connectivity index (χ4n) is 3.32. The summed E-state index contributed by atoms with van der Waals surface area (Å²) < 4.78 is 0. The SMILES string of the molecule is O=C(O)[C@@H]1c2ccccc2C=CN1C(=O)C1CCCCC1. The summed E-state index contributed by atoms with van der Waals surface area (Å²) in [7, 11) is 0. The van der Waals surface area contributed by atoms with Gasteiger partial charge in [-0.3, -0.25) is 4.79 Å². The third kappa shape index (κ3) is 2.58. The van der Waals surface area contributed by atoms with Crippen LogP contribution in [0.4, 0.5) is 0 Å². The molecule has 1 heterocycles. The fourth-order valence-corrected chi connectivity index (χ4v) is 3.32. The molecular weight excluding hydrogens is 266 g/mol. The van der Waals surface area contributed by atoms with Gasteiger partial charge < -0.3 is 10.0 Å². The lowest BCUT2D eigenvalue weighted by Gasteiger charge is -2.34. The van der Waals surface area contributed by atoms with Gasteiger partial charge in [-0.25, -0.2) is 4.79 Å². The number of carboxylic acid groups (broad SMARTS) is 1. The molecule has 1 saturated carbocycles. The van der Waals surface area contributed by atoms with E-state index in [9.17, 15) is 14.7 Å². The van der Waals surface area contributed by atoms with E-state index in [0.717, 1.165) is 31.2 Å². The van der Waals surface area contributed by atoms with Gasteiger partial charge in [-0.05, 0) is 30.0 Å². The first kappa shape index (κ1) is 13.9. The standard InChI is InChI=1S/C17H19NO3/c19-16(13-7-2-1-3-8-13)18-11-10-12-6-4-5-9-14(12)15(18)17(20)21/h4-6,9-11,13,15H,1-3,7-8H2,(H,20,21)/t15-/m0/s1. The minimum Gasteiger partial charge on any atom is -0.479 e. The van der Waals surface area contributed by atoms with Crippen molar-refractivity contribution in [2.45, 2.75) is 38.1 Å². The Kier molecular flexibility index (Phi) is 3.78. The van der Waals surface area contributed by atoms with Crippen LogP contribution < -0.4 is 0 Å². The smallest absolute Gasteiger partial charge is 0.331 e. The second-order valence-corrected chi connectivity index (χ2v) is 5.77. The van der Waals surface area contributed by atoms with E-state index < -0.39 is 12.0 Å². The van der Waals surface area contributed by atoms with Crippen LogP contribution in [0.1, 0.15) is 49.3 Å². The molecule has 0 saturated heterocycles. The van der Waals surface area contributed by atoms with Crippen molar-refractivity contribution in [3.63, 3.8) is 0 Å². The Morgan fingerprint density at radius 2 is 1.81 bits per heavy atom. The Morgan fingerprint density at radius 1 is 1.10 bits per heavy atom. The van der Waals surface area contributed by atoms with E-state index in [0.29, 0.717) is 5.56 Å². The Balaban J connectivity index is 1.91. The molecule has 4 heteroatoms. The van der Waals surface area contributed by atoms with E-state index >= 15 is 0 Å². The summed E-state index contributed by atoms with van der Waals surface area (Å²) in [6, 6.07) is 6.46. The van der Waals surface area contributed by atoms with Crippen molar-refractivity contribution in [2.24, 2.45) is 5.92 Å². The lowest BCUT2D eigenvalue weighted by molar-refractivity contribution is -0.150. The van der Waals surface area contributed by atoms with E-state index in [-0.39, 0.29) is 11.8 Å². The van der Waals surface area contributed by atoms with Crippen molar-refractivity contribution < 1.29 is 14.7 Å². The molecule has 1 N–H and O–H groups in total. The number of nitrogens with zero attached hydrogens (tertiary/aromatic N) is 1. The number of carboxylic acids is 1. The molecule has 4 nitrogen and oxygen atoms in total. The molecule has 1 aromatic rings. The zero-order chi connectivity index (χ0) is 14.8. The van der Waals surface area contributed by atoms with Gasteiger partial charge in [-0.15, -0.1) is 0 Å². The third-order valence-electron chi connectivity index (χ3n) is 4.43. The van der Waals surface area contributed by atoms with E-state index in [1.165, 1.54) is 11.3 Å². The summed E-state index contributed by atoms with van der Waals surface area (Å²) in [4.78, 5) is 25.8. The van der Waals surface area contributed by atoms with E-state index in [1.54, 1.807) is 12.3 Å². The highest BCUT2D eigenvalue weighted by Gasteiger charge is 2.36. The van der Waals surface area contributed by atoms with Crippen LogP contribution in [0.3, 0.4) is 0 Å². The summed E-state index contributed by atoms with van der Waals surface area (Å²) in [5.74, 6) is -1.06. The Hall–Kier alpha value is -2.10. The van der Waals surface area contributed by atoms with Crippen molar-refractivity contribution in [1.29, 1.82) is 0 Å². The molecule has 0 aromatic heterocycles. The molecule has 0 radical (unpaired) electrons. The molecule has 1 aromatic carbocycles. The minimum atomic E-state index is -0.976. The third-order valence-corrected chi connectivity index (χ3v) is 4.43. The molecule has 0 bridgehead atoms. The second-order valence-electron chi connectivity index (χ2n) is 5.77. The number of benzene rings is 1. The van der Waals surface area contributed by atoms with Crippen molar-refractivity contribution in [3.05, 3.63) is 41.6 Å². The number of amides is 1. The first-order chi connectivity index (χ1) is 10.2. The average Bonchev–Trinajstić information content (AvgIpc) is 2.53. The van der Waals surface area contributed by atoms with Gasteiger partial charge in [-0.2, -0.15) is 0 Å². The number of carbonyl (C=O) groups is 2. The molecule has 1 fully saturated rings. The summed E-state index contributed by atoms with van der Waals surface area (Å²) in [5, 5.41) is 9.57. The molecule has 21 heavy (non-hydrogen) atoms. The maximum atomic E-state index is 12.7. The molecule has 1 aliphatic heterocycles. The average molecular weight is 285 g/mol. The zero-order valence-corrected chi connectivity index (χ0v) is 11.9. The largest absolute Gasteiger partial charge is 0.479 e. The van der Waals surface area contributed by atoms with Gasteiger partial charge in [0.1, 0.15) is 0 Å². The van der Waals surface area contributed by atoms with Crippen LogP contribution >= 0.6 is 0 Å². The normalized spacial score (nSPS) is 21.9. The van der Waals surface area contributed by atoms with Gasteiger partial charge in [0.05, 0.1) is 0 Å². The molecule has 3 rings (SSSR count). The molecule has 1 aliphatic carbocycles. The van der Waals surface area contributed by atoms with Gasteiger partial charge >= 0.3 is 5.97 Å². The lowest BCUT2D eigenvalue weighted by Crippen LogP contribution is -2.40. The summed E-state index contributed by atoms with van der Waals surface area (Å²) >= 11 is 0. The van der Waals surface area contributed by atoms with Crippen molar-refractivity contribution in [1.82, 2.24) is 4.90 Å². The minimum absolute atomic E-state index is 0.0319. The van der Waals surface area contributed by atoms with Crippen molar-refractivity contribution in [2.75, 3.05) is 0 Å². The summed E-state index contributed by atoms with van der Waals surface area (Å²) in [6.45, 7) is 0. The van der Waals surface area contributed by atoms with Crippen LogP contribution in [0, 0.1) is 5.92 Å². The number of hydrogen-bond acceptors (Lipinski definition) is 2. The Labute approximate surface area is 124 Å². The van der Waals surface area contributed by atoms with Crippen LogP contribution in [0.2, 0.25) is 0 Å². The molecule has 1 amide bonds. The second kappa shape index (κ2) is 5.72. The van der Waals surface area contributed by atoms with Gasteiger partial charge in [0.2, 0.25) is 5.91 Å². The monoisotopic (exact) mass is 285 g/mol. The van der Waals surface area contributed by atoms with Gasteiger partial charge in [-0.1, -0.05) is 43.5 Å². The van der Waals surface area contributed by atoms with E-state index in [4.69, 9.17) is 0 Å². The van der Waals surface area contributed by atoms with Crippen LogP contribution in [-0.2, 0) is 9.59 Å². The topological polar surface area (TPSA) is 57.6 Å². The quantitative estimate of drug-likeness (QED) is 0.907. The van der Waals surface area contributed by atoms with Gasteiger partial charge in [0.15, 0.2) is 6.04 Å². The summed E-state index contributed by atoms with van der Waals surface area (Å²) in [6.07, 6.45) is 8.50. The van der Waals surface area contributed by atoms with Crippen molar-refractivity contribution in [3.8, 4) is 0 Å². The molecule has 2 aliphatic rings. The highest BCUT2D eigenvalue weighted by atomic mass is 16.4. The maximum Gasteiger partial charge on any atom is 0.331 e. The maximum absolute atomic E-state index is 12.7. The number of aliphatic carboxylic acids is 1. The highest BCUT2D eigenvalue weighted by Crippen LogP contribution is 2.34. The Bertz CT molecular complexity index is 587. The molecule has 110 valence electrons. The predicted molar refractivity (Wildman–Crippen MR) is 79.3 cm³/mol. The molecular formula is C17H19NO3. The molecule has 1 atom stereocenters. The van der Waals surface area contributed by atoms with Crippen LogP contribution in [0.15, 0.2) is 30.5 Å². The Morgan fingerprint density at radius 3 is 2.52 bits per heavy atom. The van der Waals surface area contributed by atoms with Crippen molar-refractivity contribution >= 4 is 18.0 Å². The van der Waals surface area contributed by atoms with E-state index in [1.807, 2.05) is 24.3 Å². The fraction of sp³-hybridized carbons (Fsp3) is 0.412. The van der Waals surface area contributed by atoms with Crippen LogP contribution in [0.25, 0.3) is 6.08 Å². The number of carbonyl (C=O) groups excluding carboxylic acids is 1. The number of rotatable bonds is 2. The highest BCUT2D eigenvalue weighted by molar-refractivity contribution is 5.89. The van der Waals surface area contributed by atoms with E-state index in [2.05, 4.69) is 0 Å². The van der Waals surface area contributed by atoms with Crippen LogP contribution in [0.5, 0.6) is 0 Å². The summed E-state index contributed by atoms with van der Waals surface area (Å²) in [5.41, 5.74) is 1.56. The lowest BCUT2D eigenvalue weighted by atomic mass is 9.87. The molecule has 0 unspecified atom stereocenters. The zero-order valence-electron chi connectivity index (χ0n) is 11.9. The van der Waals surface area contributed by atoms with Crippen LogP contribution in [-0.4, -0.2) is 21.9 Å². The number of fused-ring (bicyclic) bond motifs is 1. The van der Waals surface area contributed by atoms with Gasteiger partial charge in [0.25, 0.3) is 0 Å².